The summed E-state index contributed by atoms with van der Waals surface area (Å²) in [7, 11) is 0. The van der Waals surface area contributed by atoms with E-state index in [2.05, 4.69) is 38.2 Å². The van der Waals surface area contributed by atoms with Crippen LogP contribution in [0.2, 0.25) is 5.02 Å². The van der Waals surface area contributed by atoms with Gasteiger partial charge in [-0.1, -0.05) is 42.8 Å². The molecule has 1 saturated heterocycles. The van der Waals surface area contributed by atoms with Gasteiger partial charge in [-0.25, -0.2) is 4.85 Å². The number of anilines is 2. The van der Waals surface area contributed by atoms with Crippen molar-refractivity contribution in [2.45, 2.75) is 45.7 Å². The molecule has 0 spiro atoms. The molecule has 30 heavy (non-hydrogen) atoms. The van der Waals surface area contributed by atoms with Gasteiger partial charge in [0, 0.05) is 34.9 Å². The van der Waals surface area contributed by atoms with E-state index >= 15 is 0 Å². The van der Waals surface area contributed by atoms with Crippen LogP contribution in [0.1, 0.15) is 37.3 Å². The van der Waals surface area contributed by atoms with E-state index in [1.54, 1.807) is 0 Å². The van der Waals surface area contributed by atoms with Crippen LogP contribution in [0.15, 0.2) is 36.4 Å². The van der Waals surface area contributed by atoms with E-state index in [0.717, 1.165) is 45.7 Å². The minimum atomic E-state index is 0. The van der Waals surface area contributed by atoms with Gasteiger partial charge in [0.25, 0.3) is 0 Å². The van der Waals surface area contributed by atoms with Crippen LogP contribution >= 0.6 is 24.0 Å². The second kappa shape index (κ2) is 9.51. The largest absolute Gasteiger partial charge is 0.364 e. The fraction of sp³-hybridized carbons (Fsp3) is 0.348. The standard InChI is InChI=1S/C23H24ClN5.ClH/c1-4-18-6-5-11-29(18)23-19-10-9-17(25-3)13-20(19)22(27-28-23)26-14-16-8-7-15(2)21(24)12-16;/h7-10,12-13,18H,4-6,11,14H2,1-2H3,(H,26,27);1H/t18-;/m1./s1. The minimum absolute atomic E-state index is 0. The number of hydrogen-bond donors (Lipinski definition) is 1. The molecule has 7 heteroatoms. The molecule has 1 N–H and O–H groups in total. The Morgan fingerprint density at radius 2 is 2.03 bits per heavy atom. The Hall–Kier alpha value is -2.55. The number of aryl methyl sites for hydroxylation is 1. The molecule has 2 heterocycles. The monoisotopic (exact) mass is 441 g/mol. The lowest BCUT2D eigenvalue weighted by molar-refractivity contribution is 0.639. The molecular weight excluding hydrogens is 417 g/mol. The highest BCUT2D eigenvalue weighted by Gasteiger charge is 2.26. The molecular formula is C23H25Cl2N5. The van der Waals surface area contributed by atoms with Crippen molar-refractivity contribution < 1.29 is 0 Å². The van der Waals surface area contributed by atoms with E-state index in [4.69, 9.17) is 18.2 Å². The Morgan fingerprint density at radius 3 is 2.77 bits per heavy atom. The summed E-state index contributed by atoms with van der Waals surface area (Å²) in [4.78, 5) is 5.97. The zero-order chi connectivity index (χ0) is 20.4. The van der Waals surface area contributed by atoms with Crippen LogP contribution in [0, 0.1) is 13.5 Å². The smallest absolute Gasteiger partial charge is 0.188 e. The molecule has 1 aromatic heterocycles. The zero-order valence-corrected chi connectivity index (χ0v) is 18.7. The van der Waals surface area contributed by atoms with Gasteiger partial charge in [0.05, 0.1) is 6.57 Å². The SMILES string of the molecule is Cl.[C-]#[N+]c1ccc2c(N3CCC[C@H]3CC)nnc(NCc3ccc(C)c(Cl)c3)c2c1. The number of nitrogens with one attached hydrogen (secondary N) is 1. The van der Waals surface area contributed by atoms with Crippen molar-refractivity contribution in [2.75, 3.05) is 16.8 Å². The molecule has 1 aliphatic heterocycles. The van der Waals surface area contributed by atoms with Crippen molar-refractivity contribution in [3.63, 3.8) is 0 Å². The lowest BCUT2D eigenvalue weighted by Gasteiger charge is -2.26. The summed E-state index contributed by atoms with van der Waals surface area (Å²) in [6.45, 7) is 13.2. The van der Waals surface area contributed by atoms with Crippen molar-refractivity contribution in [3.8, 4) is 0 Å². The molecule has 1 aliphatic rings. The van der Waals surface area contributed by atoms with Gasteiger partial charge in [0.15, 0.2) is 17.3 Å². The van der Waals surface area contributed by atoms with Crippen LogP contribution < -0.4 is 10.2 Å². The number of aromatic nitrogens is 2. The van der Waals surface area contributed by atoms with Gasteiger partial charge in [0.1, 0.15) is 0 Å². The summed E-state index contributed by atoms with van der Waals surface area (Å²) in [5.41, 5.74) is 2.74. The zero-order valence-electron chi connectivity index (χ0n) is 17.2. The maximum Gasteiger partial charge on any atom is 0.188 e. The van der Waals surface area contributed by atoms with E-state index < -0.39 is 0 Å². The summed E-state index contributed by atoms with van der Waals surface area (Å²) >= 11 is 6.26. The third-order valence-corrected chi connectivity index (χ3v) is 6.10. The molecule has 1 atom stereocenters. The van der Waals surface area contributed by atoms with Crippen molar-refractivity contribution in [1.29, 1.82) is 0 Å². The quantitative estimate of drug-likeness (QED) is 0.455. The lowest BCUT2D eigenvalue weighted by atomic mass is 10.1. The highest BCUT2D eigenvalue weighted by Crippen LogP contribution is 2.35. The molecule has 0 unspecified atom stereocenters. The number of hydrogen-bond acceptors (Lipinski definition) is 4. The van der Waals surface area contributed by atoms with E-state index in [1.807, 2.05) is 37.3 Å². The summed E-state index contributed by atoms with van der Waals surface area (Å²) in [5.74, 6) is 1.61. The number of fused-ring (bicyclic) bond motifs is 1. The molecule has 2 aromatic carbocycles. The maximum absolute atomic E-state index is 7.40. The second-order valence-corrected chi connectivity index (χ2v) is 7.96. The molecule has 5 nitrogen and oxygen atoms in total. The van der Waals surface area contributed by atoms with Gasteiger partial charge in [-0.05, 0) is 49.4 Å². The van der Waals surface area contributed by atoms with Crippen LogP contribution in [-0.2, 0) is 6.54 Å². The molecule has 0 saturated carbocycles. The Kier molecular flexibility index (Phi) is 7.02. The molecule has 156 valence electrons. The number of rotatable bonds is 5. The van der Waals surface area contributed by atoms with E-state index in [0.29, 0.717) is 24.1 Å². The Balaban J connectivity index is 0.00000256. The Morgan fingerprint density at radius 1 is 1.20 bits per heavy atom. The topological polar surface area (TPSA) is 45.4 Å². The summed E-state index contributed by atoms with van der Waals surface area (Å²) < 4.78 is 0. The second-order valence-electron chi connectivity index (χ2n) is 7.55. The number of benzene rings is 2. The molecule has 0 aliphatic carbocycles. The lowest BCUT2D eigenvalue weighted by Crippen LogP contribution is -2.29. The first kappa shape index (κ1) is 22.1. The molecule has 4 rings (SSSR count). The van der Waals surface area contributed by atoms with Crippen molar-refractivity contribution >= 4 is 52.1 Å². The summed E-state index contributed by atoms with van der Waals surface area (Å²) in [6, 6.07) is 12.3. The highest BCUT2D eigenvalue weighted by atomic mass is 35.5. The Bertz CT molecular complexity index is 1090. The third-order valence-electron chi connectivity index (χ3n) is 5.69. The molecule has 1 fully saturated rings. The first-order valence-electron chi connectivity index (χ1n) is 10.0. The first-order valence-corrected chi connectivity index (χ1v) is 10.4. The van der Waals surface area contributed by atoms with Crippen LogP contribution in [0.3, 0.4) is 0 Å². The van der Waals surface area contributed by atoms with Crippen LogP contribution in [0.25, 0.3) is 15.6 Å². The van der Waals surface area contributed by atoms with Crippen LogP contribution in [-0.4, -0.2) is 22.8 Å². The average Bonchev–Trinajstić information content (AvgIpc) is 3.22. The van der Waals surface area contributed by atoms with Crippen molar-refractivity contribution in [3.05, 3.63) is 64.0 Å². The molecule has 3 aromatic rings. The van der Waals surface area contributed by atoms with Crippen LogP contribution in [0.4, 0.5) is 17.3 Å². The van der Waals surface area contributed by atoms with Gasteiger partial charge in [0.2, 0.25) is 0 Å². The van der Waals surface area contributed by atoms with Gasteiger partial charge in [-0.3, -0.25) is 0 Å². The fourth-order valence-corrected chi connectivity index (χ4v) is 4.21. The van der Waals surface area contributed by atoms with E-state index in [9.17, 15) is 0 Å². The maximum atomic E-state index is 7.40. The van der Waals surface area contributed by atoms with Crippen molar-refractivity contribution in [1.82, 2.24) is 10.2 Å². The molecule has 0 amide bonds. The van der Waals surface area contributed by atoms with Gasteiger partial charge < -0.3 is 10.2 Å². The Labute approximate surface area is 188 Å². The van der Waals surface area contributed by atoms with E-state index in [-0.39, 0.29) is 12.4 Å². The van der Waals surface area contributed by atoms with Gasteiger partial charge in [-0.15, -0.1) is 22.6 Å². The fourth-order valence-electron chi connectivity index (χ4n) is 4.01. The van der Waals surface area contributed by atoms with Gasteiger partial charge >= 0.3 is 0 Å². The predicted octanol–water partition coefficient (Wildman–Crippen LogP) is 6.56. The normalized spacial score (nSPS) is 15.7. The van der Waals surface area contributed by atoms with Crippen LogP contribution in [0.5, 0.6) is 0 Å². The summed E-state index contributed by atoms with van der Waals surface area (Å²) in [6.07, 6.45) is 3.46. The molecule has 0 bridgehead atoms. The highest BCUT2D eigenvalue weighted by molar-refractivity contribution is 6.31. The number of nitrogens with zero attached hydrogens (tertiary/aromatic N) is 4. The average molecular weight is 442 g/mol. The van der Waals surface area contributed by atoms with E-state index in [1.165, 1.54) is 12.8 Å². The van der Waals surface area contributed by atoms with Gasteiger partial charge in [-0.2, -0.15) is 0 Å². The van der Waals surface area contributed by atoms with Crippen molar-refractivity contribution in [2.24, 2.45) is 0 Å². The predicted molar refractivity (Wildman–Crippen MR) is 127 cm³/mol. The third kappa shape index (κ3) is 4.30. The minimum Gasteiger partial charge on any atom is -0.364 e. The first-order chi connectivity index (χ1) is 14.1. The molecule has 0 radical (unpaired) electrons. The number of halogens is 2. The summed E-state index contributed by atoms with van der Waals surface area (Å²) in [5, 5.41) is 15.2.